The third-order valence-electron chi connectivity index (χ3n) is 6.27. The fraction of sp³-hybridized carbons (Fsp3) is 0.440. The van der Waals surface area contributed by atoms with Gasteiger partial charge in [0.05, 0.1) is 31.4 Å². The van der Waals surface area contributed by atoms with Crippen molar-refractivity contribution in [2.24, 2.45) is 10.7 Å². The van der Waals surface area contributed by atoms with E-state index in [0.717, 1.165) is 47.5 Å². The summed E-state index contributed by atoms with van der Waals surface area (Å²) < 4.78 is 5.53. The molecule has 2 aromatic rings. The Morgan fingerprint density at radius 3 is 2.71 bits per heavy atom. The zero-order chi connectivity index (χ0) is 24.1. The SMILES string of the molecule is COc1ccc2c(c1)C(c1ccc(Cl)cc1)=NC(CC(=O)NCCCCCN)C1NNC(C)N21. The molecule has 0 aliphatic carbocycles. The zero-order valence-corrected chi connectivity index (χ0v) is 20.4. The quantitative estimate of drug-likeness (QED) is 0.408. The number of aliphatic imine (C=N–C) groups is 1. The Hall–Kier alpha value is -2.65. The van der Waals surface area contributed by atoms with Crippen molar-refractivity contribution in [2.45, 2.75) is 51.0 Å². The lowest BCUT2D eigenvalue weighted by Crippen LogP contribution is -2.47. The maximum atomic E-state index is 12.9. The molecule has 0 aromatic heterocycles. The number of fused-ring (bicyclic) bond motifs is 3. The summed E-state index contributed by atoms with van der Waals surface area (Å²) in [7, 11) is 1.66. The number of carbonyl (C=O) groups is 1. The van der Waals surface area contributed by atoms with E-state index in [1.165, 1.54) is 0 Å². The van der Waals surface area contributed by atoms with Crippen molar-refractivity contribution in [2.75, 3.05) is 25.1 Å². The second-order valence-electron chi connectivity index (χ2n) is 8.66. The normalized spacial score (nSPS) is 21.4. The number of unbranched alkanes of at least 4 members (excludes halogenated alkanes) is 2. The number of hydrazine groups is 1. The van der Waals surface area contributed by atoms with Gasteiger partial charge in [0.25, 0.3) is 0 Å². The molecule has 0 bridgehead atoms. The van der Waals surface area contributed by atoms with Crippen LogP contribution in [0.4, 0.5) is 5.69 Å². The maximum Gasteiger partial charge on any atom is 0.222 e. The number of nitrogens with two attached hydrogens (primary N) is 1. The molecule has 4 rings (SSSR count). The van der Waals surface area contributed by atoms with E-state index in [9.17, 15) is 4.79 Å². The molecule has 0 spiro atoms. The number of amides is 1. The van der Waals surface area contributed by atoms with Crippen molar-refractivity contribution < 1.29 is 9.53 Å². The van der Waals surface area contributed by atoms with Crippen molar-refractivity contribution in [1.82, 2.24) is 16.2 Å². The Balaban J connectivity index is 1.69. The largest absolute Gasteiger partial charge is 0.497 e. The second-order valence-corrected chi connectivity index (χ2v) is 9.09. The number of ether oxygens (including phenoxy) is 1. The van der Waals surface area contributed by atoms with Gasteiger partial charge in [-0.05, 0) is 56.6 Å². The molecule has 2 aliphatic heterocycles. The van der Waals surface area contributed by atoms with Crippen LogP contribution in [0.2, 0.25) is 5.02 Å². The minimum atomic E-state index is -0.314. The van der Waals surface area contributed by atoms with E-state index in [1.54, 1.807) is 7.11 Å². The van der Waals surface area contributed by atoms with E-state index in [4.69, 9.17) is 27.1 Å². The summed E-state index contributed by atoms with van der Waals surface area (Å²) in [6.45, 7) is 3.41. The highest BCUT2D eigenvalue weighted by atomic mass is 35.5. The van der Waals surface area contributed by atoms with E-state index in [1.807, 2.05) is 36.4 Å². The molecule has 1 amide bonds. The molecular weight excluding hydrogens is 452 g/mol. The Morgan fingerprint density at radius 1 is 1.18 bits per heavy atom. The first kappa shape index (κ1) is 24.5. The van der Waals surface area contributed by atoms with Crippen molar-refractivity contribution in [3.8, 4) is 5.75 Å². The second kappa shape index (κ2) is 11.2. The summed E-state index contributed by atoms with van der Waals surface area (Å²) >= 11 is 6.16. The van der Waals surface area contributed by atoms with Crippen LogP contribution < -0.4 is 31.5 Å². The minimum Gasteiger partial charge on any atom is -0.497 e. The van der Waals surface area contributed by atoms with Crippen LogP contribution in [0.5, 0.6) is 5.75 Å². The number of carbonyl (C=O) groups excluding carboxylic acids is 1. The Kier molecular flexibility index (Phi) is 8.05. The van der Waals surface area contributed by atoms with Gasteiger partial charge in [0.1, 0.15) is 11.9 Å². The van der Waals surface area contributed by atoms with Crippen LogP contribution in [0.1, 0.15) is 43.7 Å². The monoisotopic (exact) mass is 484 g/mol. The van der Waals surface area contributed by atoms with E-state index < -0.39 is 0 Å². The molecule has 2 aliphatic rings. The maximum absolute atomic E-state index is 12.9. The van der Waals surface area contributed by atoms with Crippen LogP contribution in [0.15, 0.2) is 47.5 Å². The molecule has 1 saturated heterocycles. The Labute approximate surface area is 205 Å². The summed E-state index contributed by atoms with van der Waals surface area (Å²) in [4.78, 5) is 20.3. The van der Waals surface area contributed by atoms with Crippen molar-refractivity contribution in [1.29, 1.82) is 0 Å². The number of hydrogen-bond donors (Lipinski definition) is 4. The number of nitrogens with zero attached hydrogens (tertiary/aromatic N) is 2. The number of benzene rings is 2. The lowest BCUT2D eigenvalue weighted by molar-refractivity contribution is -0.121. The molecule has 1 fully saturated rings. The summed E-state index contributed by atoms with van der Waals surface area (Å²) in [5, 5.41) is 3.71. The third kappa shape index (κ3) is 5.36. The summed E-state index contributed by atoms with van der Waals surface area (Å²) in [5.41, 5.74) is 16.0. The van der Waals surface area contributed by atoms with Crippen LogP contribution in [-0.4, -0.2) is 50.2 Å². The minimum absolute atomic E-state index is 0.0122. The number of nitrogens with one attached hydrogen (secondary N) is 3. The van der Waals surface area contributed by atoms with E-state index in [2.05, 4.69) is 34.1 Å². The lowest BCUT2D eigenvalue weighted by atomic mass is 9.99. The van der Waals surface area contributed by atoms with E-state index >= 15 is 0 Å². The third-order valence-corrected chi connectivity index (χ3v) is 6.52. The number of halogens is 1. The van der Waals surface area contributed by atoms with Crippen molar-refractivity contribution in [3.63, 3.8) is 0 Å². The van der Waals surface area contributed by atoms with Crippen LogP contribution in [0.3, 0.4) is 0 Å². The molecule has 0 radical (unpaired) electrons. The molecule has 2 heterocycles. The highest BCUT2D eigenvalue weighted by Crippen LogP contribution is 2.36. The van der Waals surface area contributed by atoms with E-state index in [-0.39, 0.29) is 30.7 Å². The summed E-state index contributed by atoms with van der Waals surface area (Å²) in [6.07, 6.45) is 3.00. The molecule has 5 N–H and O–H groups in total. The van der Waals surface area contributed by atoms with Gasteiger partial charge in [0.15, 0.2) is 0 Å². The molecular formula is C25H33ClN6O2. The van der Waals surface area contributed by atoms with E-state index in [0.29, 0.717) is 18.1 Å². The van der Waals surface area contributed by atoms with Crippen LogP contribution in [0.25, 0.3) is 0 Å². The molecule has 2 aromatic carbocycles. The summed E-state index contributed by atoms with van der Waals surface area (Å²) in [6, 6.07) is 13.3. The Morgan fingerprint density at radius 2 is 1.97 bits per heavy atom. The highest BCUT2D eigenvalue weighted by molar-refractivity contribution is 6.30. The molecule has 3 unspecified atom stereocenters. The molecule has 9 heteroatoms. The molecule has 34 heavy (non-hydrogen) atoms. The van der Waals surface area contributed by atoms with Crippen LogP contribution in [-0.2, 0) is 4.79 Å². The number of hydrogen-bond acceptors (Lipinski definition) is 7. The smallest absolute Gasteiger partial charge is 0.222 e. The predicted molar refractivity (Wildman–Crippen MR) is 136 cm³/mol. The first-order valence-corrected chi connectivity index (χ1v) is 12.2. The average molecular weight is 485 g/mol. The first-order valence-electron chi connectivity index (χ1n) is 11.8. The molecule has 3 atom stereocenters. The number of rotatable bonds is 9. The first-order chi connectivity index (χ1) is 16.5. The zero-order valence-electron chi connectivity index (χ0n) is 19.7. The van der Waals surface area contributed by atoms with Crippen LogP contribution in [0, 0.1) is 0 Å². The predicted octanol–water partition coefficient (Wildman–Crippen LogP) is 2.79. The fourth-order valence-electron chi connectivity index (χ4n) is 4.52. The summed E-state index contributed by atoms with van der Waals surface area (Å²) in [5.74, 6) is 0.736. The van der Waals surface area contributed by atoms with Gasteiger partial charge >= 0.3 is 0 Å². The molecule has 8 nitrogen and oxygen atoms in total. The Bertz CT molecular complexity index is 1030. The standard InChI is InChI=1S/C25H33ClN6O2/c1-16-30-31-25-21(15-23(33)28-13-5-3-4-12-27)29-24(17-6-8-18(26)9-7-17)20-14-19(34-2)10-11-22(20)32(16)25/h6-11,14,16,21,25,30-31H,3-5,12-13,15,27H2,1-2H3,(H,28,33). The topological polar surface area (TPSA) is 104 Å². The molecule has 0 saturated carbocycles. The van der Waals surface area contributed by atoms with Gasteiger partial charge in [-0.25, -0.2) is 10.9 Å². The fourth-order valence-corrected chi connectivity index (χ4v) is 4.65. The average Bonchev–Trinajstić information content (AvgIpc) is 3.16. The highest BCUT2D eigenvalue weighted by Gasteiger charge is 2.40. The van der Waals surface area contributed by atoms with Gasteiger partial charge in [0, 0.05) is 28.4 Å². The van der Waals surface area contributed by atoms with Gasteiger partial charge in [-0.2, -0.15) is 0 Å². The lowest BCUT2D eigenvalue weighted by Gasteiger charge is -2.31. The van der Waals surface area contributed by atoms with Gasteiger partial charge in [0.2, 0.25) is 5.91 Å². The van der Waals surface area contributed by atoms with Crippen molar-refractivity contribution >= 4 is 28.9 Å². The van der Waals surface area contributed by atoms with Crippen LogP contribution >= 0.6 is 11.6 Å². The molecule has 182 valence electrons. The van der Waals surface area contributed by atoms with Gasteiger partial charge in [-0.3, -0.25) is 9.79 Å². The number of anilines is 1. The van der Waals surface area contributed by atoms with Gasteiger partial charge in [-0.15, -0.1) is 0 Å². The van der Waals surface area contributed by atoms with Gasteiger partial charge in [-0.1, -0.05) is 30.2 Å². The van der Waals surface area contributed by atoms with Gasteiger partial charge < -0.3 is 20.7 Å². The number of methoxy groups -OCH3 is 1. The van der Waals surface area contributed by atoms with Crippen molar-refractivity contribution in [3.05, 3.63) is 58.6 Å².